The summed E-state index contributed by atoms with van der Waals surface area (Å²) >= 11 is 1.39. The van der Waals surface area contributed by atoms with Crippen molar-refractivity contribution in [2.45, 2.75) is 6.04 Å². The Labute approximate surface area is 185 Å². The molecule has 5 rings (SSSR count). The first kappa shape index (κ1) is 19.9. The van der Waals surface area contributed by atoms with Crippen LogP contribution in [0.1, 0.15) is 15.4 Å². The summed E-state index contributed by atoms with van der Waals surface area (Å²) < 4.78 is 0. The molecule has 2 aromatic carbocycles. The summed E-state index contributed by atoms with van der Waals surface area (Å²) in [6.07, 6.45) is 5.23. The Kier molecular flexibility index (Phi) is 5.53. The number of hydrogen-bond acceptors (Lipinski definition) is 5. The minimum absolute atomic E-state index is 0.0268. The highest BCUT2D eigenvalue weighted by Crippen LogP contribution is 2.20. The summed E-state index contributed by atoms with van der Waals surface area (Å²) in [4.78, 5) is 35.2. The molecule has 158 valence electrons. The number of carbonyl (C=O) groups is 2. The highest BCUT2D eigenvalue weighted by molar-refractivity contribution is 7.11. The van der Waals surface area contributed by atoms with Crippen molar-refractivity contribution in [1.82, 2.24) is 19.7 Å². The van der Waals surface area contributed by atoms with Crippen LogP contribution in [-0.4, -0.2) is 76.8 Å². The van der Waals surface area contributed by atoms with Crippen LogP contribution in [0.25, 0.3) is 16.8 Å². The molecule has 6 nitrogen and oxygen atoms in total. The third kappa shape index (κ3) is 4.24. The van der Waals surface area contributed by atoms with E-state index >= 15 is 0 Å². The third-order valence-electron chi connectivity index (χ3n) is 6.10. The summed E-state index contributed by atoms with van der Waals surface area (Å²) in [6.45, 7) is 4.62. The second-order valence-corrected chi connectivity index (χ2v) is 8.90. The Balaban J connectivity index is 1.10. The number of amides is 2. The molecule has 3 aromatic rings. The highest BCUT2D eigenvalue weighted by Gasteiger charge is 2.36. The summed E-state index contributed by atoms with van der Waals surface area (Å²) in [7, 11) is 0. The number of thiazole rings is 1. The summed E-state index contributed by atoms with van der Waals surface area (Å²) in [5.74, 6) is 0.0842. The van der Waals surface area contributed by atoms with Crippen LogP contribution >= 0.6 is 11.3 Å². The van der Waals surface area contributed by atoms with E-state index in [1.54, 1.807) is 12.3 Å². The first-order valence-corrected chi connectivity index (χ1v) is 11.4. The standard InChI is InChI=1S/C24H24N4O2S/c29-22(8-6-18-5-7-19-3-1-2-4-20(19)15-18)28-16-21(17-28)26-10-12-27(13-11-26)24(30)23-25-9-14-31-23/h1-9,14-15,21H,10-13,16-17H2. The number of aromatic nitrogens is 1. The molecule has 0 saturated carbocycles. The van der Waals surface area contributed by atoms with Crippen LogP contribution in [0.15, 0.2) is 60.1 Å². The maximum atomic E-state index is 12.5. The lowest BCUT2D eigenvalue weighted by Gasteiger charge is -2.47. The van der Waals surface area contributed by atoms with Crippen LogP contribution in [0.4, 0.5) is 0 Å². The lowest BCUT2D eigenvalue weighted by atomic mass is 10.0. The fourth-order valence-electron chi connectivity index (χ4n) is 4.21. The normalized spacial score (nSPS) is 17.9. The van der Waals surface area contributed by atoms with Crippen molar-refractivity contribution in [2.75, 3.05) is 39.3 Å². The number of piperazine rings is 1. The van der Waals surface area contributed by atoms with Gasteiger partial charge in [0.25, 0.3) is 5.91 Å². The molecule has 0 unspecified atom stereocenters. The van der Waals surface area contributed by atoms with Gasteiger partial charge in [-0.25, -0.2) is 4.98 Å². The van der Waals surface area contributed by atoms with E-state index in [9.17, 15) is 9.59 Å². The van der Waals surface area contributed by atoms with Crippen LogP contribution in [0.2, 0.25) is 0 Å². The topological polar surface area (TPSA) is 56.8 Å². The number of likely N-dealkylation sites (tertiary alicyclic amines) is 1. The van der Waals surface area contributed by atoms with Crippen molar-refractivity contribution in [2.24, 2.45) is 0 Å². The van der Waals surface area contributed by atoms with Gasteiger partial charge in [0.1, 0.15) is 0 Å². The van der Waals surface area contributed by atoms with E-state index in [0.717, 1.165) is 31.7 Å². The minimum atomic E-state index is 0.0268. The zero-order chi connectivity index (χ0) is 21.2. The molecule has 0 atom stereocenters. The second kappa shape index (κ2) is 8.61. The maximum absolute atomic E-state index is 12.5. The summed E-state index contributed by atoms with van der Waals surface area (Å²) in [5, 5.41) is 4.77. The zero-order valence-corrected chi connectivity index (χ0v) is 18.0. The fraction of sp³-hybridized carbons (Fsp3) is 0.292. The molecule has 0 N–H and O–H groups in total. The molecule has 31 heavy (non-hydrogen) atoms. The van der Waals surface area contributed by atoms with E-state index < -0.39 is 0 Å². The Morgan fingerprint density at radius 1 is 0.968 bits per heavy atom. The lowest BCUT2D eigenvalue weighted by Crippen LogP contribution is -2.64. The average molecular weight is 433 g/mol. The van der Waals surface area contributed by atoms with E-state index in [2.05, 4.69) is 34.1 Å². The summed E-state index contributed by atoms with van der Waals surface area (Å²) in [5.41, 5.74) is 1.03. The van der Waals surface area contributed by atoms with E-state index in [1.807, 2.05) is 39.5 Å². The van der Waals surface area contributed by atoms with Crippen LogP contribution in [0.3, 0.4) is 0 Å². The van der Waals surface area contributed by atoms with Crippen molar-refractivity contribution in [3.63, 3.8) is 0 Å². The molecule has 0 radical (unpaired) electrons. The Hall–Kier alpha value is -3.03. The number of hydrogen-bond donors (Lipinski definition) is 0. The predicted molar refractivity (Wildman–Crippen MR) is 123 cm³/mol. The smallest absolute Gasteiger partial charge is 0.282 e. The highest BCUT2D eigenvalue weighted by atomic mass is 32.1. The van der Waals surface area contributed by atoms with E-state index in [4.69, 9.17) is 0 Å². The monoisotopic (exact) mass is 432 g/mol. The first-order chi connectivity index (χ1) is 15.2. The maximum Gasteiger partial charge on any atom is 0.282 e. The lowest BCUT2D eigenvalue weighted by molar-refractivity contribution is -0.133. The fourth-order valence-corrected chi connectivity index (χ4v) is 4.81. The number of carbonyl (C=O) groups excluding carboxylic acids is 2. The van der Waals surface area contributed by atoms with Gasteiger partial charge in [-0.3, -0.25) is 14.5 Å². The van der Waals surface area contributed by atoms with Crippen molar-refractivity contribution in [3.05, 3.63) is 70.7 Å². The van der Waals surface area contributed by atoms with Gasteiger partial charge in [0.15, 0.2) is 5.01 Å². The van der Waals surface area contributed by atoms with Crippen molar-refractivity contribution in [3.8, 4) is 0 Å². The number of rotatable bonds is 4. The molecule has 2 fully saturated rings. The van der Waals surface area contributed by atoms with Gasteiger partial charge >= 0.3 is 0 Å². The van der Waals surface area contributed by atoms with Gasteiger partial charge in [-0.2, -0.15) is 0 Å². The molecule has 2 aliphatic rings. The molecule has 1 aromatic heterocycles. The Morgan fingerprint density at radius 3 is 2.48 bits per heavy atom. The third-order valence-corrected chi connectivity index (χ3v) is 6.86. The van der Waals surface area contributed by atoms with E-state index in [1.165, 1.54) is 22.1 Å². The molecule has 2 amide bonds. The minimum Gasteiger partial charge on any atom is -0.336 e. The van der Waals surface area contributed by atoms with Crippen LogP contribution in [-0.2, 0) is 4.79 Å². The average Bonchev–Trinajstić information content (AvgIpc) is 3.31. The van der Waals surface area contributed by atoms with Gasteiger partial charge in [-0.05, 0) is 28.5 Å². The molecule has 7 heteroatoms. The molecule has 0 spiro atoms. The Morgan fingerprint density at radius 2 is 1.74 bits per heavy atom. The largest absolute Gasteiger partial charge is 0.336 e. The van der Waals surface area contributed by atoms with Crippen molar-refractivity contribution >= 4 is 40.0 Å². The number of benzene rings is 2. The molecule has 2 saturated heterocycles. The van der Waals surface area contributed by atoms with Gasteiger partial charge in [0, 0.05) is 63.0 Å². The Bertz CT molecular complexity index is 1110. The van der Waals surface area contributed by atoms with E-state index in [0.29, 0.717) is 24.1 Å². The molecule has 3 heterocycles. The van der Waals surface area contributed by atoms with Crippen LogP contribution < -0.4 is 0 Å². The molecular weight excluding hydrogens is 408 g/mol. The quantitative estimate of drug-likeness (QED) is 0.595. The molecular formula is C24H24N4O2S. The molecule has 0 aliphatic carbocycles. The number of fused-ring (bicyclic) bond motifs is 1. The second-order valence-electron chi connectivity index (χ2n) is 8.00. The first-order valence-electron chi connectivity index (χ1n) is 10.6. The van der Waals surface area contributed by atoms with Crippen LogP contribution in [0, 0.1) is 0 Å². The predicted octanol–water partition coefficient (Wildman–Crippen LogP) is 2.98. The van der Waals surface area contributed by atoms with Gasteiger partial charge in [-0.15, -0.1) is 11.3 Å². The zero-order valence-electron chi connectivity index (χ0n) is 17.2. The number of nitrogens with zero attached hydrogens (tertiary/aromatic N) is 4. The molecule has 0 bridgehead atoms. The van der Waals surface area contributed by atoms with Crippen molar-refractivity contribution in [1.29, 1.82) is 0 Å². The van der Waals surface area contributed by atoms with Crippen LogP contribution in [0.5, 0.6) is 0 Å². The van der Waals surface area contributed by atoms with Gasteiger partial charge in [0.2, 0.25) is 5.91 Å². The van der Waals surface area contributed by atoms with Gasteiger partial charge in [-0.1, -0.05) is 36.4 Å². The van der Waals surface area contributed by atoms with E-state index in [-0.39, 0.29) is 11.8 Å². The molecule has 2 aliphatic heterocycles. The summed E-state index contributed by atoms with van der Waals surface area (Å²) in [6, 6.07) is 14.8. The SMILES string of the molecule is O=C(C=Cc1ccc2ccccc2c1)N1CC(N2CCN(C(=O)c3nccs3)CC2)C1. The van der Waals surface area contributed by atoms with Crippen molar-refractivity contribution < 1.29 is 9.59 Å². The van der Waals surface area contributed by atoms with Gasteiger partial charge < -0.3 is 9.80 Å². The van der Waals surface area contributed by atoms with Gasteiger partial charge in [0.05, 0.1) is 0 Å².